The quantitative estimate of drug-likeness (QED) is 0.813. The number of amides is 1. The lowest BCUT2D eigenvalue weighted by Crippen LogP contribution is -2.64. The first-order valence-electron chi connectivity index (χ1n) is 11.0. The molecule has 1 N–H and O–H groups in total. The van der Waals surface area contributed by atoms with Gasteiger partial charge >= 0.3 is 0 Å². The Labute approximate surface area is 172 Å². The first-order chi connectivity index (χ1) is 13.9. The summed E-state index contributed by atoms with van der Waals surface area (Å²) >= 11 is 0. The number of aliphatic hydroxyl groups is 1. The zero-order valence-corrected chi connectivity index (χ0v) is 17.8. The average Bonchev–Trinajstić information content (AvgIpc) is 3.49. The van der Waals surface area contributed by atoms with E-state index in [2.05, 4.69) is 11.8 Å². The van der Waals surface area contributed by atoms with Crippen molar-refractivity contribution < 1.29 is 18.3 Å². The monoisotopic (exact) mass is 418 g/mol. The molecular formula is C22H30N2O4S. The van der Waals surface area contributed by atoms with Gasteiger partial charge in [0.2, 0.25) is 0 Å². The molecule has 7 heteroatoms. The van der Waals surface area contributed by atoms with Gasteiger partial charge in [0.05, 0.1) is 11.2 Å². The maximum Gasteiger partial charge on any atom is 0.269 e. The number of nitrogens with zero attached hydrogens (tertiary/aromatic N) is 2. The van der Waals surface area contributed by atoms with E-state index in [1.54, 1.807) is 18.2 Å². The lowest BCUT2D eigenvalue weighted by molar-refractivity contribution is -0.149. The Morgan fingerprint density at radius 1 is 1.17 bits per heavy atom. The largest absolute Gasteiger partial charge is 0.388 e. The first kappa shape index (κ1) is 19.5. The molecule has 29 heavy (non-hydrogen) atoms. The van der Waals surface area contributed by atoms with Gasteiger partial charge in [0.15, 0.2) is 0 Å². The molecule has 0 bridgehead atoms. The van der Waals surface area contributed by atoms with Crippen molar-refractivity contribution in [2.75, 3.05) is 13.1 Å². The van der Waals surface area contributed by atoms with Crippen molar-refractivity contribution in [3.05, 3.63) is 29.8 Å². The highest BCUT2D eigenvalue weighted by Gasteiger charge is 2.55. The summed E-state index contributed by atoms with van der Waals surface area (Å²) in [7, 11) is -3.80. The molecule has 2 unspecified atom stereocenters. The summed E-state index contributed by atoms with van der Waals surface area (Å²) in [6.45, 7) is 4.17. The average molecular weight is 419 g/mol. The molecule has 0 radical (unpaired) electrons. The van der Waals surface area contributed by atoms with Gasteiger partial charge in [0, 0.05) is 18.6 Å². The molecule has 158 valence electrons. The zero-order chi connectivity index (χ0) is 20.4. The van der Waals surface area contributed by atoms with Crippen molar-refractivity contribution in [2.24, 2.45) is 11.8 Å². The van der Waals surface area contributed by atoms with Crippen LogP contribution in [0.15, 0.2) is 29.2 Å². The highest BCUT2D eigenvalue weighted by atomic mass is 32.2. The van der Waals surface area contributed by atoms with Crippen molar-refractivity contribution in [3.8, 4) is 0 Å². The van der Waals surface area contributed by atoms with Crippen LogP contribution < -0.4 is 0 Å². The normalized spacial score (nSPS) is 36.7. The Morgan fingerprint density at radius 3 is 2.62 bits per heavy atom. The molecule has 1 amide bonds. The van der Waals surface area contributed by atoms with Gasteiger partial charge in [-0.3, -0.25) is 9.69 Å². The highest BCUT2D eigenvalue weighted by Crippen LogP contribution is 2.48. The van der Waals surface area contributed by atoms with E-state index in [1.807, 2.05) is 0 Å². The number of sulfonamides is 1. The lowest BCUT2D eigenvalue weighted by atomic mass is 9.65. The molecule has 1 aromatic carbocycles. The third-order valence-corrected chi connectivity index (χ3v) is 9.58. The molecule has 1 saturated heterocycles. The second kappa shape index (κ2) is 6.79. The SMILES string of the molecule is CC[C@H]1N(CC2CC2)CCC2C[C@H](N3C(=O)c4ccccc4S3(=O)=O)CCC21O. The number of fused-ring (bicyclic) bond motifs is 2. The molecule has 3 fully saturated rings. The van der Waals surface area contributed by atoms with Gasteiger partial charge in [-0.25, -0.2) is 12.7 Å². The van der Waals surface area contributed by atoms with E-state index < -0.39 is 21.5 Å². The van der Waals surface area contributed by atoms with Gasteiger partial charge in [0.25, 0.3) is 15.9 Å². The highest BCUT2D eigenvalue weighted by molar-refractivity contribution is 7.90. The van der Waals surface area contributed by atoms with Crippen molar-refractivity contribution in [1.29, 1.82) is 0 Å². The summed E-state index contributed by atoms with van der Waals surface area (Å²) in [5, 5.41) is 11.7. The molecule has 4 atom stereocenters. The van der Waals surface area contributed by atoms with E-state index >= 15 is 0 Å². The molecule has 1 aromatic rings. The summed E-state index contributed by atoms with van der Waals surface area (Å²) in [6, 6.07) is 6.25. The van der Waals surface area contributed by atoms with Crippen molar-refractivity contribution in [1.82, 2.24) is 9.21 Å². The number of piperidine rings is 1. The minimum atomic E-state index is -3.80. The Bertz CT molecular complexity index is 928. The maximum atomic E-state index is 13.1. The molecular weight excluding hydrogens is 388 g/mol. The number of carbonyl (C=O) groups is 1. The standard InChI is InChI=1S/C22H30N2O4S/c1-2-20-22(26)11-9-17(13-16(22)10-12-23(20)14-15-7-8-15)24-21(25)18-5-3-4-6-19(18)29(24,27)28/h3-6,15-17,20,26H,2,7-14H2,1H3/t16?,17-,20-,22?/m1/s1. The number of carbonyl (C=O) groups excluding carboxylic acids is 1. The molecule has 2 aliphatic carbocycles. The molecule has 4 aliphatic rings. The van der Waals surface area contributed by atoms with E-state index in [-0.39, 0.29) is 28.5 Å². The van der Waals surface area contributed by atoms with Gasteiger partial charge in [-0.1, -0.05) is 19.1 Å². The third-order valence-electron chi connectivity index (χ3n) is 7.69. The minimum Gasteiger partial charge on any atom is -0.388 e. The van der Waals surface area contributed by atoms with Crippen molar-refractivity contribution >= 4 is 15.9 Å². The van der Waals surface area contributed by atoms with Crippen LogP contribution in [0.5, 0.6) is 0 Å². The van der Waals surface area contributed by atoms with Crippen LogP contribution in [-0.4, -0.2) is 59.4 Å². The van der Waals surface area contributed by atoms with E-state index in [1.165, 1.54) is 18.9 Å². The Balaban J connectivity index is 1.39. The summed E-state index contributed by atoms with van der Waals surface area (Å²) in [5.41, 5.74) is -0.503. The first-order valence-corrected chi connectivity index (χ1v) is 12.4. The zero-order valence-electron chi connectivity index (χ0n) is 17.0. The van der Waals surface area contributed by atoms with Gasteiger partial charge in [0.1, 0.15) is 4.90 Å². The molecule has 2 saturated carbocycles. The number of hydrogen-bond acceptors (Lipinski definition) is 5. The maximum absolute atomic E-state index is 13.1. The predicted octanol–water partition coefficient (Wildman–Crippen LogP) is 2.63. The van der Waals surface area contributed by atoms with Gasteiger partial charge < -0.3 is 5.11 Å². The number of rotatable bonds is 4. The molecule has 0 spiro atoms. The van der Waals surface area contributed by atoms with Crippen LogP contribution in [-0.2, 0) is 10.0 Å². The van der Waals surface area contributed by atoms with E-state index in [0.717, 1.165) is 36.2 Å². The lowest BCUT2D eigenvalue weighted by Gasteiger charge is -2.55. The van der Waals surface area contributed by atoms with E-state index in [0.29, 0.717) is 19.3 Å². The number of likely N-dealkylation sites (tertiary alicyclic amines) is 1. The van der Waals surface area contributed by atoms with Gasteiger partial charge in [-0.05, 0) is 75.5 Å². The van der Waals surface area contributed by atoms with E-state index in [4.69, 9.17) is 0 Å². The van der Waals surface area contributed by atoms with Crippen molar-refractivity contribution in [2.45, 2.75) is 74.4 Å². The third kappa shape index (κ3) is 2.96. The van der Waals surface area contributed by atoms with Crippen LogP contribution in [0.3, 0.4) is 0 Å². The van der Waals surface area contributed by atoms with Gasteiger partial charge in [-0.2, -0.15) is 0 Å². The smallest absolute Gasteiger partial charge is 0.269 e. The van der Waals surface area contributed by atoms with Crippen LogP contribution >= 0.6 is 0 Å². The summed E-state index contributed by atoms with van der Waals surface area (Å²) in [4.78, 5) is 15.5. The van der Waals surface area contributed by atoms with Crippen LogP contribution in [0.4, 0.5) is 0 Å². The Morgan fingerprint density at radius 2 is 1.93 bits per heavy atom. The fourth-order valence-electron chi connectivity index (χ4n) is 6.09. The summed E-state index contributed by atoms with van der Waals surface area (Å²) in [6.07, 6.45) is 6.00. The van der Waals surface area contributed by atoms with Crippen LogP contribution in [0, 0.1) is 11.8 Å². The summed E-state index contributed by atoms with van der Waals surface area (Å²) in [5.74, 6) is 0.411. The van der Waals surface area contributed by atoms with Crippen molar-refractivity contribution in [3.63, 3.8) is 0 Å². The molecule has 2 heterocycles. The van der Waals surface area contributed by atoms with E-state index in [9.17, 15) is 18.3 Å². The Kier molecular flexibility index (Phi) is 4.57. The fourth-order valence-corrected chi connectivity index (χ4v) is 7.89. The molecule has 6 nitrogen and oxygen atoms in total. The minimum absolute atomic E-state index is 0.0355. The van der Waals surface area contributed by atoms with Crippen LogP contribution in [0.2, 0.25) is 0 Å². The second-order valence-electron chi connectivity index (χ2n) is 9.37. The second-order valence-corrected chi connectivity index (χ2v) is 11.2. The summed E-state index contributed by atoms with van der Waals surface area (Å²) < 4.78 is 27.3. The fraction of sp³-hybridized carbons (Fsp3) is 0.682. The number of benzene rings is 1. The molecule has 0 aromatic heterocycles. The van der Waals surface area contributed by atoms with Gasteiger partial charge in [-0.15, -0.1) is 0 Å². The van der Waals surface area contributed by atoms with Crippen LogP contribution in [0.25, 0.3) is 0 Å². The Hall–Kier alpha value is -1.44. The topological polar surface area (TPSA) is 77.9 Å². The predicted molar refractivity (Wildman–Crippen MR) is 109 cm³/mol. The molecule has 5 rings (SSSR count). The van der Waals surface area contributed by atoms with Crippen LogP contribution in [0.1, 0.15) is 62.2 Å². The molecule has 2 aliphatic heterocycles. The number of hydrogen-bond donors (Lipinski definition) is 1.